The van der Waals surface area contributed by atoms with Gasteiger partial charge in [-0.15, -0.1) is 23.2 Å². The van der Waals surface area contributed by atoms with Gasteiger partial charge in [0, 0.05) is 122 Å². The number of halogens is 14. The van der Waals surface area contributed by atoms with Gasteiger partial charge in [-0.05, 0) is 319 Å². The minimum Gasteiger partial charge on any atom is -0.463 e. The van der Waals surface area contributed by atoms with Gasteiger partial charge in [0.25, 0.3) is 23.6 Å². The smallest absolute Gasteiger partial charge is 0.350 e. The Hall–Kier alpha value is -8.86. The maximum atomic E-state index is 13.8. The fourth-order valence-corrected chi connectivity index (χ4v) is 17.9. The van der Waals surface area contributed by atoms with Crippen molar-refractivity contribution in [2.75, 3.05) is 92.2 Å². The van der Waals surface area contributed by atoms with Crippen molar-refractivity contribution in [2.24, 2.45) is 0 Å². The van der Waals surface area contributed by atoms with Gasteiger partial charge in [0.15, 0.2) is 24.7 Å². The Kier molecular flexibility index (Phi) is 39.0. The summed E-state index contributed by atoms with van der Waals surface area (Å²) in [5.41, 5.74) is 8.23. The number of carbonyl (C=O) groups is 8. The summed E-state index contributed by atoms with van der Waals surface area (Å²) < 4.78 is 32.4. The summed E-state index contributed by atoms with van der Waals surface area (Å²) in [6.07, 6.45) is -7.23. The SMILES string of the molecule is CCOC(=O)[C@@H]1N(c2ccc(Br)cc2)C(=O)[C@H](Nc2ccc(Br)cc2)N1c1ccc(Br)cc1.CCOC(=O)[C@@H]1N(c2ccc(Br)cc2)C(=O)[C@H](Nc2ccc(Br)cc2)N1c1ccc(Br)cc1.CCOC(=O)[C@H]1N(c2ccc(Br)cc2)C(=O)[C@@H](Nc2ccc(Br)cc2)N1c1ccc(Br)cc1.CCOC(=O)[C@H]1N(c2ccc(Br)cc2)C(=O)[C@@H](Nc2ccc(Br)cc2)N1c1ccc(Br)cc1.ClCCl. The lowest BCUT2D eigenvalue weighted by Crippen LogP contribution is -2.49. The molecule has 0 radical (unpaired) electrons. The van der Waals surface area contributed by atoms with E-state index in [1.54, 1.807) is 95.8 Å². The van der Waals surface area contributed by atoms with E-state index in [0.717, 1.165) is 76.4 Å². The van der Waals surface area contributed by atoms with Crippen LogP contribution in [0.25, 0.3) is 0 Å². The highest BCUT2D eigenvalue weighted by molar-refractivity contribution is 9.12. The Morgan fingerprint density at radius 2 is 0.348 bits per heavy atom. The predicted molar refractivity (Wildman–Crippen MR) is 577 cm³/mol. The number of nitrogens with zero attached hydrogens (tertiary/aromatic N) is 8. The quantitative estimate of drug-likeness (QED) is 0.0249. The lowest BCUT2D eigenvalue weighted by atomic mass is 10.2. The summed E-state index contributed by atoms with van der Waals surface area (Å²) in [4.78, 5) is 121. The molecular formula is C97H82Br12Cl2N12O12. The molecule has 4 fully saturated rings. The van der Waals surface area contributed by atoms with E-state index in [9.17, 15) is 38.4 Å². The molecule has 0 saturated carbocycles. The van der Waals surface area contributed by atoms with Crippen LogP contribution in [0.3, 0.4) is 0 Å². The number of anilines is 12. The van der Waals surface area contributed by atoms with Gasteiger partial charge in [0.05, 0.1) is 31.8 Å². The van der Waals surface area contributed by atoms with Crippen molar-refractivity contribution in [3.63, 3.8) is 0 Å². The third-order valence-corrected chi connectivity index (χ3v) is 26.9. The highest BCUT2D eigenvalue weighted by Gasteiger charge is 2.56. The van der Waals surface area contributed by atoms with Gasteiger partial charge in [-0.25, -0.2) is 19.2 Å². The zero-order valence-electron chi connectivity index (χ0n) is 71.6. The molecule has 0 aromatic heterocycles. The number of hydrogen-bond donors (Lipinski definition) is 4. The summed E-state index contributed by atoms with van der Waals surface area (Å²) in [6, 6.07) is 89.2. The Morgan fingerprint density at radius 1 is 0.230 bits per heavy atom. The molecule has 4 amide bonds. The van der Waals surface area contributed by atoms with Crippen LogP contribution in [0.15, 0.2) is 345 Å². The first-order chi connectivity index (χ1) is 65.0. The predicted octanol–water partition coefficient (Wildman–Crippen LogP) is 26.0. The zero-order chi connectivity index (χ0) is 96.8. The van der Waals surface area contributed by atoms with E-state index in [1.807, 2.05) is 243 Å². The molecule has 0 spiro atoms. The van der Waals surface area contributed by atoms with Gasteiger partial charge in [-0.2, -0.15) is 0 Å². The fourth-order valence-electron chi connectivity index (χ4n) is 14.7. The Balaban J connectivity index is 0.000000160. The minimum absolute atomic E-state index is 0.194. The molecule has 0 aliphatic carbocycles. The summed E-state index contributed by atoms with van der Waals surface area (Å²) in [6.45, 7) is 7.82. The van der Waals surface area contributed by atoms with Crippen LogP contribution in [0.2, 0.25) is 0 Å². The van der Waals surface area contributed by atoms with Crippen LogP contribution in [-0.2, 0) is 57.3 Å². The van der Waals surface area contributed by atoms with Crippen molar-refractivity contribution < 1.29 is 57.3 Å². The average Bonchev–Trinajstić information content (AvgIpc) is 1.61. The van der Waals surface area contributed by atoms with Crippen molar-refractivity contribution in [1.29, 1.82) is 0 Å². The van der Waals surface area contributed by atoms with Crippen LogP contribution in [0, 0.1) is 0 Å². The van der Waals surface area contributed by atoms with Crippen LogP contribution in [0.1, 0.15) is 27.7 Å². The molecule has 38 heteroatoms. The van der Waals surface area contributed by atoms with E-state index in [0.29, 0.717) is 45.5 Å². The number of ether oxygens (including phenoxy) is 4. The van der Waals surface area contributed by atoms with E-state index >= 15 is 0 Å². The lowest BCUT2D eigenvalue weighted by Gasteiger charge is -2.31. The number of nitrogens with one attached hydrogen (secondary N) is 4. The van der Waals surface area contributed by atoms with Gasteiger partial charge in [-0.3, -0.25) is 38.8 Å². The van der Waals surface area contributed by atoms with Crippen LogP contribution in [-0.4, -0.2) is 129 Å². The molecule has 0 unspecified atom stereocenters. The topological polar surface area (TPSA) is 248 Å². The maximum Gasteiger partial charge on any atom is 0.350 e. The van der Waals surface area contributed by atoms with E-state index in [1.165, 1.54) is 19.6 Å². The minimum atomic E-state index is -0.979. The summed E-state index contributed by atoms with van der Waals surface area (Å²) in [7, 11) is 0. The zero-order valence-corrected chi connectivity index (χ0v) is 92.2. The molecule has 4 aliphatic heterocycles. The van der Waals surface area contributed by atoms with Gasteiger partial charge >= 0.3 is 23.9 Å². The van der Waals surface area contributed by atoms with Crippen molar-refractivity contribution in [3.8, 4) is 0 Å². The van der Waals surface area contributed by atoms with Gasteiger partial charge < -0.3 is 59.8 Å². The molecule has 4 heterocycles. The van der Waals surface area contributed by atoms with E-state index < -0.39 is 73.2 Å². The third-order valence-electron chi connectivity index (χ3n) is 20.5. The number of rotatable bonds is 24. The molecule has 135 heavy (non-hydrogen) atoms. The number of alkyl halides is 2. The van der Waals surface area contributed by atoms with Crippen LogP contribution < -0.4 is 60.5 Å². The first kappa shape index (κ1) is 105. The van der Waals surface area contributed by atoms with Crippen LogP contribution >= 0.6 is 214 Å². The molecule has 700 valence electrons. The van der Waals surface area contributed by atoms with Crippen LogP contribution in [0.4, 0.5) is 68.2 Å². The second-order valence-corrected chi connectivity index (χ2v) is 40.9. The number of amides is 4. The normalized spacial score (nSPS) is 17.6. The van der Waals surface area contributed by atoms with Crippen molar-refractivity contribution >= 4 is 330 Å². The number of benzene rings is 12. The number of hydrogen-bond acceptors (Lipinski definition) is 20. The Labute approximate surface area is 891 Å². The molecule has 4 aliphatic rings. The summed E-state index contributed by atoms with van der Waals surface area (Å²) in [5, 5.41) is 13.4. The first-order valence-corrected chi connectivity index (χ1v) is 51.9. The molecule has 0 bridgehead atoms. The van der Waals surface area contributed by atoms with Gasteiger partial charge in [0.2, 0.25) is 24.7 Å². The molecule has 8 atom stereocenters. The molecule has 16 rings (SSSR count). The number of carbonyl (C=O) groups excluding carboxylic acids is 8. The molecule has 12 aromatic rings. The van der Waals surface area contributed by atoms with Crippen molar-refractivity contribution in [3.05, 3.63) is 345 Å². The monoisotopic (exact) mass is 2620 g/mol. The highest BCUT2D eigenvalue weighted by Crippen LogP contribution is 2.43. The second-order valence-electron chi connectivity index (χ2n) is 29.1. The maximum absolute atomic E-state index is 13.8. The lowest BCUT2D eigenvalue weighted by molar-refractivity contribution is -0.145. The Morgan fingerprint density at radius 3 is 0.474 bits per heavy atom. The molecule has 12 aromatic carbocycles. The van der Waals surface area contributed by atoms with Crippen molar-refractivity contribution in [1.82, 2.24) is 0 Å². The molecule has 4 N–H and O–H groups in total. The standard InChI is InChI=1S/4C24H20Br3N3O3.CH2Cl2/c4*1-2-33-24(32)22-29(19-11-5-16(26)6-12-19)21(28-18-9-3-15(25)4-10-18)23(31)30(22)20-13-7-17(27)8-14-20;2-1-3/h4*3-14,21-22,28H,2H2,1H3;1H2/t4*21-,22+;/m1100./s1. The molecular weight excluding hydrogens is 2550 g/mol. The fraction of sp³-hybridized carbons (Fsp3) is 0.175. The molecule has 24 nitrogen and oxygen atoms in total. The summed E-state index contributed by atoms with van der Waals surface area (Å²) >= 11 is 50.8. The average molecular weight is 2640 g/mol. The van der Waals surface area contributed by atoms with Gasteiger partial charge in [-0.1, -0.05) is 191 Å². The highest BCUT2D eigenvalue weighted by atomic mass is 79.9. The largest absolute Gasteiger partial charge is 0.463 e. The first-order valence-electron chi connectivity index (χ1n) is 41.3. The van der Waals surface area contributed by atoms with E-state index in [-0.39, 0.29) is 55.4 Å². The second kappa shape index (κ2) is 50.1. The third kappa shape index (κ3) is 26.6. The summed E-state index contributed by atoms with van der Waals surface area (Å²) in [5.74, 6) is -3.06. The van der Waals surface area contributed by atoms with E-state index in [2.05, 4.69) is 212 Å². The van der Waals surface area contributed by atoms with E-state index in [4.69, 9.17) is 42.1 Å². The molecule has 4 saturated heterocycles. The van der Waals surface area contributed by atoms with Crippen LogP contribution in [0.5, 0.6) is 0 Å². The number of esters is 4. The van der Waals surface area contributed by atoms with Gasteiger partial charge in [0.1, 0.15) is 0 Å². The van der Waals surface area contributed by atoms with Crippen molar-refractivity contribution in [2.45, 2.75) is 77.0 Å². The Bertz CT molecular complexity index is 5330.